The molecule has 1 aromatic carbocycles. The van der Waals surface area contributed by atoms with Gasteiger partial charge < -0.3 is 14.8 Å². The van der Waals surface area contributed by atoms with Gasteiger partial charge >= 0.3 is 0 Å². The molecule has 1 rings (SSSR count). The van der Waals surface area contributed by atoms with E-state index in [0.717, 1.165) is 0 Å². The quantitative estimate of drug-likeness (QED) is 0.830. The SMILES string of the molecule is COCC(CNC(C)C)Oc1cccc(Cl)c1F. The molecule has 0 heterocycles. The van der Waals surface area contributed by atoms with Crippen molar-refractivity contribution in [2.45, 2.75) is 26.0 Å². The van der Waals surface area contributed by atoms with E-state index < -0.39 is 5.82 Å². The Kier molecular flexibility index (Phi) is 6.39. The summed E-state index contributed by atoms with van der Waals surface area (Å²) < 4.78 is 24.3. The van der Waals surface area contributed by atoms with Gasteiger partial charge in [0.2, 0.25) is 0 Å². The number of rotatable bonds is 7. The molecular weight excluding hydrogens is 257 g/mol. The second kappa shape index (κ2) is 7.56. The standard InChI is InChI=1S/C13H19ClFNO2/c1-9(2)16-7-10(8-17-3)18-12-6-4-5-11(14)13(12)15/h4-6,9-10,16H,7-8H2,1-3H3. The van der Waals surface area contributed by atoms with Crippen LogP contribution in [0.5, 0.6) is 5.75 Å². The third-order valence-corrected chi connectivity index (χ3v) is 2.61. The summed E-state index contributed by atoms with van der Waals surface area (Å²) >= 11 is 5.70. The van der Waals surface area contributed by atoms with Gasteiger partial charge in [-0.3, -0.25) is 0 Å². The Morgan fingerprint density at radius 2 is 2.11 bits per heavy atom. The molecule has 0 aromatic heterocycles. The van der Waals surface area contributed by atoms with Crippen LogP contribution in [0.2, 0.25) is 5.02 Å². The van der Waals surface area contributed by atoms with Crippen molar-refractivity contribution < 1.29 is 13.9 Å². The van der Waals surface area contributed by atoms with Crippen molar-refractivity contribution >= 4 is 11.6 Å². The lowest BCUT2D eigenvalue weighted by Gasteiger charge is -2.20. The highest BCUT2D eigenvalue weighted by molar-refractivity contribution is 6.30. The van der Waals surface area contributed by atoms with E-state index in [-0.39, 0.29) is 16.9 Å². The maximum Gasteiger partial charge on any atom is 0.183 e. The fourth-order valence-corrected chi connectivity index (χ4v) is 1.61. The number of halogens is 2. The van der Waals surface area contributed by atoms with Crippen molar-refractivity contribution in [3.63, 3.8) is 0 Å². The molecule has 1 atom stereocenters. The average Bonchev–Trinajstić information content (AvgIpc) is 2.32. The first-order valence-electron chi connectivity index (χ1n) is 5.87. The summed E-state index contributed by atoms with van der Waals surface area (Å²) in [5.74, 6) is -0.389. The number of ether oxygens (including phenoxy) is 2. The third-order valence-electron chi connectivity index (χ3n) is 2.32. The molecule has 3 nitrogen and oxygen atoms in total. The largest absolute Gasteiger partial charge is 0.484 e. The molecule has 0 amide bonds. The van der Waals surface area contributed by atoms with Gasteiger partial charge in [0.05, 0.1) is 11.6 Å². The van der Waals surface area contributed by atoms with Gasteiger partial charge in [0.1, 0.15) is 6.10 Å². The lowest BCUT2D eigenvalue weighted by atomic mass is 10.3. The van der Waals surface area contributed by atoms with Gasteiger partial charge in [-0.2, -0.15) is 0 Å². The van der Waals surface area contributed by atoms with Crippen LogP contribution in [0.4, 0.5) is 4.39 Å². The van der Waals surface area contributed by atoms with Crippen molar-refractivity contribution in [3.8, 4) is 5.75 Å². The normalized spacial score (nSPS) is 12.8. The van der Waals surface area contributed by atoms with E-state index in [0.29, 0.717) is 19.2 Å². The molecule has 0 fully saturated rings. The minimum Gasteiger partial charge on any atom is -0.484 e. The van der Waals surface area contributed by atoms with Crippen LogP contribution in [0, 0.1) is 5.82 Å². The lowest BCUT2D eigenvalue weighted by Crippen LogP contribution is -2.38. The highest BCUT2D eigenvalue weighted by Gasteiger charge is 2.15. The van der Waals surface area contributed by atoms with Crippen LogP contribution in [0.25, 0.3) is 0 Å². The minimum absolute atomic E-state index is 0.0560. The zero-order chi connectivity index (χ0) is 13.5. The van der Waals surface area contributed by atoms with Crippen LogP contribution in [0.15, 0.2) is 18.2 Å². The van der Waals surface area contributed by atoms with Crippen molar-refractivity contribution in [1.82, 2.24) is 5.32 Å². The van der Waals surface area contributed by atoms with Gasteiger partial charge in [0, 0.05) is 19.7 Å². The van der Waals surface area contributed by atoms with E-state index in [1.807, 2.05) is 13.8 Å². The molecule has 0 spiro atoms. The van der Waals surface area contributed by atoms with E-state index in [4.69, 9.17) is 21.1 Å². The number of methoxy groups -OCH3 is 1. The topological polar surface area (TPSA) is 30.5 Å². The molecule has 0 aliphatic carbocycles. The zero-order valence-electron chi connectivity index (χ0n) is 10.9. The van der Waals surface area contributed by atoms with Crippen molar-refractivity contribution in [2.24, 2.45) is 0 Å². The molecule has 1 aromatic rings. The third kappa shape index (κ3) is 4.80. The van der Waals surface area contributed by atoms with Crippen molar-refractivity contribution in [2.75, 3.05) is 20.3 Å². The average molecular weight is 276 g/mol. The molecule has 0 saturated carbocycles. The summed E-state index contributed by atoms with van der Waals surface area (Å²) in [5.41, 5.74) is 0. The lowest BCUT2D eigenvalue weighted by molar-refractivity contribution is 0.0767. The fourth-order valence-electron chi connectivity index (χ4n) is 1.44. The van der Waals surface area contributed by atoms with Gasteiger partial charge in [0.15, 0.2) is 11.6 Å². The Morgan fingerprint density at radius 1 is 1.39 bits per heavy atom. The minimum atomic E-state index is -0.537. The summed E-state index contributed by atoms with van der Waals surface area (Å²) in [6.07, 6.45) is -0.259. The molecule has 0 aliphatic rings. The Labute approximate surface area is 112 Å². The van der Waals surface area contributed by atoms with Gasteiger partial charge in [-0.25, -0.2) is 4.39 Å². The second-order valence-corrected chi connectivity index (χ2v) is 4.72. The molecule has 0 radical (unpaired) electrons. The van der Waals surface area contributed by atoms with Crippen LogP contribution in [0.1, 0.15) is 13.8 Å². The van der Waals surface area contributed by atoms with Crippen LogP contribution >= 0.6 is 11.6 Å². The van der Waals surface area contributed by atoms with E-state index in [9.17, 15) is 4.39 Å². The van der Waals surface area contributed by atoms with Gasteiger partial charge in [-0.15, -0.1) is 0 Å². The smallest absolute Gasteiger partial charge is 0.183 e. The molecule has 0 saturated heterocycles. The van der Waals surface area contributed by atoms with Crippen molar-refractivity contribution in [1.29, 1.82) is 0 Å². The summed E-state index contributed by atoms with van der Waals surface area (Å²) in [4.78, 5) is 0. The van der Waals surface area contributed by atoms with Gasteiger partial charge in [0.25, 0.3) is 0 Å². The molecule has 18 heavy (non-hydrogen) atoms. The Balaban J connectivity index is 2.67. The molecule has 5 heteroatoms. The van der Waals surface area contributed by atoms with Crippen LogP contribution in [-0.4, -0.2) is 32.4 Å². The van der Waals surface area contributed by atoms with Crippen LogP contribution < -0.4 is 10.1 Å². The molecular formula is C13H19ClFNO2. The fraction of sp³-hybridized carbons (Fsp3) is 0.538. The highest BCUT2D eigenvalue weighted by atomic mass is 35.5. The summed E-state index contributed by atoms with van der Waals surface area (Å²) in [6.45, 7) is 5.02. The van der Waals surface area contributed by atoms with E-state index in [2.05, 4.69) is 5.32 Å². The first kappa shape index (κ1) is 15.2. The maximum atomic E-state index is 13.7. The van der Waals surface area contributed by atoms with Crippen molar-refractivity contribution in [3.05, 3.63) is 29.0 Å². The van der Waals surface area contributed by atoms with Crippen LogP contribution in [0.3, 0.4) is 0 Å². The summed E-state index contributed by atoms with van der Waals surface area (Å²) in [5, 5.41) is 3.28. The first-order chi connectivity index (χ1) is 8.54. The van der Waals surface area contributed by atoms with E-state index >= 15 is 0 Å². The predicted octanol–water partition coefficient (Wildman–Crippen LogP) is 2.87. The maximum absolute atomic E-state index is 13.7. The Morgan fingerprint density at radius 3 is 2.72 bits per heavy atom. The van der Waals surface area contributed by atoms with Gasteiger partial charge in [-0.05, 0) is 12.1 Å². The van der Waals surface area contributed by atoms with Gasteiger partial charge in [-0.1, -0.05) is 31.5 Å². The van der Waals surface area contributed by atoms with E-state index in [1.165, 1.54) is 6.07 Å². The number of hydrogen-bond donors (Lipinski definition) is 1. The zero-order valence-corrected chi connectivity index (χ0v) is 11.6. The number of hydrogen-bond acceptors (Lipinski definition) is 3. The molecule has 1 N–H and O–H groups in total. The highest BCUT2D eigenvalue weighted by Crippen LogP contribution is 2.24. The molecule has 0 aliphatic heterocycles. The predicted molar refractivity (Wildman–Crippen MR) is 70.8 cm³/mol. The molecule has 1 unspecified atom stereocenters. The van der Waals surface area contributed by atoms with E-state index in [1.54, 1.807) is 19.2 Å². The Bertz CT molecular complexity index is 374. The monoisotopic (exact) mass is 275 g/mol. The summed E-state index contributed by atoms with van der Waals surface area (Å²) in [7, 11) is 1.58. The first-order valence-corrected chi connectivity index (χ1v) is 6.25. The Hall–Kier alpha value is -0.840. The number of nitrogens with one attached hydrogen (secondary N) is 1. The summed E-state index contributed by atoms with van der Waals surface area (Å²) in [6, 6.07) is 5.03. The second-order valence-electron chi connectivity index (χ2n) is 4.31. The molecule has 102 valence electrons. The van der Waals surface area contributed by atoms with Crippen LogP contribution in [-0.2, 0) is 4.74 Å². The number of benzene rings is 1. The molecule has 0 bridgehead atoms.